The fraction of sp³-hybridized carbons (Fsp3) is 0.733. The number of aromatic nitrogens is 2. The summed E-state index contributed by atoms with van der Waals surface area (Å²) < 4.78 is 5.34. The molecule has 0 aromatic carbocycles. The van der Waals surface area contributed by atoms with Crippen LogP contribution in [0.5, 0.6) is 5.88 Å². The van der Waals surface area contributed by atoms with Crippen molar-refractivity contribution >= 4 is 0 Å². The first-order valence-electron chi connectivity index (χ1n) is 7.40. The molecule has 1 atom stereocenters. The molecule has 0 bridgehead atoms. The zero-order valence-electron chi connectivity index (χ0n) is 12.8. The van der Waals surface area contributed by atoms with Gasteiger partial charge in [0.2, 0.25) is 5.88 Å². The summed E-state index contributed by atoms with van der Waals surface area (Å²) in [5, 5.41) is 0. The van der Waals surface area contributed by atoms with Gasteiger partial charge in [-0.1, -0.05) is 25.7 Å². The Hall–Kier alpha value is -1.20. The molecule has 1 aliphatic carbocycles. The summed E-state index contributed by atoms with van der Waals surface area (Å²) >= 11 is 0. The molecule has 1 aliphatic rings. The lowest BCUT2D eigenvalue weighted by atomic mass is 9.80. The van der Waals surface area contributed by atoms with Crippen LogP contribution >= 0.6 is 0 Å². The van der Waals surface area contributed by atoms with Crippen LogP contribution in [-0.4, -0.2) is 41.6 Å². The maximum absolute atomic E-state index is 6.63. The van der Waals surface area contributed by atoms with Gasteiger partial charge in [0.1, 0.15) is 5.69 Å². The average molecular weight is 278 g/mol. The standard InChI is InChI=1S/C15H26N4O/c1-19(2)15(8-6-4-5-7-9-15)13(16)12-14(20-3)18-11-10-17-12/h10-11,13H,4-9,16H2,1-3H3. The van der Waals surface area contributed by atoms with Gasteiger partial charge in [0.05, 0.1) is 13.2 Å². The molecular formula is C15H26N4O. The molecular weight excluding hydrogens is 252 g/mol. The van der Waals surface area contributed by atoms with Gasteiger partial charge < -0.3 is 15.4 Å². The topological polar surface area (TPSA) is 64.3 Å². The highest BCUT2D eigenvalue weighted by Crippen LogP contribution is 2.40. The summed E-state index contributed by atoms with van der Waals surface area (Å²) in [4.78, 5) is 11.0. The zero-order chi connectivity index (χ0) is 14.6. The highest BCUT2D eigenvalue weighted by molar-refractivity contribution is 5.25. The maximum atomic E-state index is 6.63. The van der Waals surface area contributed by atoms with E-state index in [1.807, 2.05) is 0 Å². The Kier molecular flexibility index (Phi) is 4.94. The number of hydrogen-bond acceptors (Lipinski definition) is 5. The average Bonchev–Trinajstić information content (AvgIpc) is 2.73. The minimum atomic E-state index is -0.181. The Labute approximate surface area is 121 Å². The highest BCUT2D eigenvalue weighted by atomic mass is 16.5. The molecule has 2 rings (SSSR count). The van der Waals surface area contributed by atoms with E-state index in [-0.39, 0.29) is 11.6 Å². The number of methoxy groups -OCH3 is 1. The largest absolute Gasteiger partial charge is 0.480 e. The van der Waals surface area contributed by atoms with Gasteiger partial charge in [-0.05, 0) is 26.9 Å². The molecule has 0 radical (unpaired) electrons. The first-order valence-corrected chi connectivity index (χ1v) is 7.40. The molecule has 5 heteroatoms. The van der Waals surface area contributed by atoms with Gasteiger partial charge in [-0.25, -0.2) is 4.98 Å². The third kappa shape index (κ3) is 2.79. The van der Waals surface area contributed by atoms with Gasteiger partial charge in [-0.2, -0.15) is 0 Å². The van der Waals surface area contributed by atoms with Crippen LogP contribution in [0.25, 0.3) is 0 Å². The first kappa shape index (κ1) is 15.2. The SMILES string of the molecule is COc1nccnc1C(N)C1(N(C)C)CCCCCC1. The summed E-state index contributed by atoms with van der Waals surface area (Å²) in [6, 6.07) is -0.181. The number of nitrogens with two attached hydrogens (primary N) is 1. The van der Waals surface area contributed by atoms with Crippen molar-refractivity contribution in [1.29, 1.82) is 0 Å². The molecule has 112 valence electrons. The predicted molar refractivity (Wildman–Crippen MR) is 79.6 cm³/mol. The number of ether oxygens (including phenoxy) is 1. The van der Waals surface area contributed by atoms with Gasteiger partial charge in [0.25, 0.3) is 0 Å². The third-order valence-electron chi connectivity index (χ3n) is 4.62. The lowest BCUT2D eigenvalue weighted by Crippen LogP contribution is -2.52. The summed E-state index contributed by atoms with van der Waals surface area (Å²) in [6.07, 6.45) is 10.5. The third-order valence-corrected chi connectivity index (χ3v) is 4.62. The van der Waals surface area contributed by atoms with E-state index in [1.165, 1.54) is 25.7 Å². The van der Waals surface area contributed by atoms with E-state index in [0.717, 1.165) is 18.5 Å². The number of likely N-dealkylation sites (N-methyl/N-ethyl adjacent to an activating group) is 1. The molecule has 1 heterocycles. The Morgan fingerprint density at radius 3 is 2.30 bits per heavy atom. The Morgan fingerprint density at radius 2 is 1.75 bits per heavy atom. The van der Waals surface area contributed by atoms with Crippen molar-refractivity contribution in [2.75, 3.05) is 21.2 Å². The molecule has 5 nitrogen and oxygen atoms in total. The van der Waals surface area contributed by atoms with Gasteiger partial charge in [-0.15, -0.1) is 0 Å². The van der Waals surface area contributed by atoms with E-state index in [0.29, 0.717) is 5.88 Å². The van der Waals surface area contributed by atoms with Crippen LogP contribution in [-0.2, 0) is 0 Å². The van der Waals surface area contributed by atoms with Crippen LogP contribution in [0.4, 0.5) is 0 Å². The number of hydrogen-bond donors (Lipinski definition) is 1. The normalized spacial score (nSPS) is 20.4. The van der Waals surface area contributed by atoms with Crippen molar-refractivity contribution in [2.24, 2.45) is 5.73 Å². The maximum Gasteiger partial charge on any atom is 0.237 e. The van der Waals surface area contributed by atoms with E-state index >= 15 is 0 Å². The van der Waals surface area contributed by atoms with Crippen molar-refractivity contribution < 1.29 is 4.74 Å². The second-order valence-electron chi connectivity index (χ2n) is 5.84. The Bertz CT molecular complexity index is 428. The van der Waals surface area contributed by atoms with Crippen LogP contribution in [0.3, 0.4) is 0 Å². The minimum absolute atomic E-state index is 0.0557. The van der Waals surface area contributed by atoms with Crippen molar-refractivity contribution in [3.05, 3.63) is 18.1 Å². The molecule has 1 aromatic heterocycles. The van der Waals surface area contributed by atoms with Gasteiger partial charge >= 0.3 is 0 Å². The van der Waals surface area contributed by atoms with Crippen LogP contribution in [0.1, 0.15) is 50.3 Å². The Balaban J connectivity index is 2.37. The molecule has 1 unspecified atom stereocenters. The quantitative estimate of drug-likeness (QED) is 0.855. The molecule has 1 aromatic rings. The minimum Gasteiger partial charge on any atom is -0.480 e. The molecule has 1 fully saturated rings. The Morgan fingerprint density at radius 1 is 1.15 bits per heavy atom. The molecule has 0 spiro atoms. The molecule has 2 N–H and O–H groups in total. The van der Waals surface area contributed by atoms with Crippen molar-refractivity contribution in [3.63, 3.8) is 0 Å². The van der Waals surface area contributed by atoms with Crippen molar-refractivity contribution in [2.45, 2.75) is 50.1 Å². The van der Waals surface area contributed by atoms with Crippen LogP contribution in [0.15, 0.2) is 12.4 Å². The van der Waals surface area contributed by atoms with Crippen molar-refractivity contribution in [3.8, 4) is 5.88 Å². The van der Waals surface area contributed by atoms with Gasteiger partial charge in [0, 0.05) is 17.9 Å². The van der Waals surface area contributed by atoms with E-state index in [4.69, 9.17) is 10.5 Å². The van der Waals surface area contributed by atoms with Gasteiger partial charge in [-0.3, -0.25) is 4.98 Å². The number of rotatable bonds is 4. The number of nitrogens with zero attached hydrogens (tertiary/aromatic N) is 3. The van der Waals surface area contributed by atoms with Crippen LogP contribution < -0.4 is 10.5 Å². The molecule has 0 saturated heterocycles. The molecule has 20 heavy (non-hydrogen) atoms. The van der Waals surface area contributed by atoms with Crippen LogP contribution in [0.2, 0.25) is 0 Å². The predicted octanol–water partition coefficient (Wildman–Crippen LogP) is 2.14. The monoisotopic (exact) mass is 278 g/mol. The first-order chi connectivity index (χ1) is 9.62. The summed E-state index contributed by atoms with van der Waals surface area (Å²) in [5.74, 6) is 0.547. The molecule has 1 saturated carbocycles. The second kappa shape index (κ2) is 6.50. The second-order valence-corrected chi connectivity index (χ2v) is 5.84. The zero-order valence-corrected chi connectivity index (χ0v) is 12.8. The van der Waals surface area contributed by atoms with E-state index < -0.39 is 0 Å². The highest BCUT2D eigenvalue weighted by Gasteiger charge is 2.41. The molecule has 0 aliphatic heterocycles. The lowest BCUT2D eigenvalue weighted by Gasteiger charge is -2.44. The van der Waals surface area contributed by atoms with Gasteiger partial charge in [0.15, 0.2) is 0 Å². The molecule has 0 amide bonds. The summed E-state index contributed by atoms with van der Waals surface area (Å²) in [5.41, 5.74) is 7.34. The van der Waals surface area contributed by atoms with E-state index in [1.54, 1.807) is 19.5 Å². The fourth-order valence-corrected chi connectivity index (χ4v) is 3.34. The smallest absolute Gasteiger partial charge is 0.237 e. The van der Waals surface area contributed by atoms with E-state index in [2.05, 4.69) is 29.0 Å². The lowest BCUT2D eigenvalue weighted by molar-refractivity contribution is 0.0937. The summed E-state index contributed by atoms with van der Waals surface area (Å²) in [6.45, 7) is 0. The van der Waals surface area contributed by atoms with Crippen LogP contribution in [0, 0.1) is 0 Å². The van der Waals surface area contributed by atoms with Crippen molar-refractivity contribution in [1.82, 2.24) is 14.9 Å². The fourth-order valence-electron chi connectivity index (χ4n) is 3.34. The summed E-state index contributed by atoms with van der Waals surface area (Å²) in [7, 11) is 5.86. The van der Waals surface area contributed by atoms with E-state index in [9.17, 15) is 0 Å².